The van der Waals surface area contributed by atoms with Crippen LogP contribution in [0, 0.1) is 23.2 Å². The Labute approximate surface area is 121 Å². The van der Waals surface area contributed by atoms with Gasteiger partial charge in [0, 0.05) is 13.1 Å². The number of rotatable bonds is 6. The van der Waals surface area contributed by atoms with Gasteiger partial charge in [0.05, 0.1) is 6.07 Å². The maximum Gasteiger partial charge on any atom is 0.240 e. The number of hydrogen-bond donors (Lipinski definition) is 0. The first-order chi connectivity index (χ1) is 9.74. The highest BCUT2D eigenvalue weighted by molar-refractivity contribution is 5.81. The molecule has 0 aliphatic heterocycles. The molecule has 1 amide bonds. The average molecular weight is 270 g/mol. The molecule has 3 nitrogen and oxygen atoms in total. The molecule has 1 fully saturated rings. The molecule has 1 aromatic carbocycles. The van der Waals surface area contributed by atoms with E-state index in [4.69, 9.17) is 0 Å². The van der Waals surface area contributed by atoms with Gasteiger partial charge in [0.2, 0.25) is 5.91 Å². The van der Waals surface area contributed by atoms with Gasteiger partial charge in [-0.1, -0.05) is 36.8 Å². The van der Waals surface area contributed by atoms with Gasteiger partial charge < -0.3 is 4.90 Å². The summed E-state index contributed by atoms with van der Waals surface area (Å²) in [6.45, 7) is 3.51. The standard InChI is InChI=1S/C17H22N2O/c1-2-19(13-15-9-6-10-15)17(20)16(12-18)11-14-7-4-3-5-8-14/h3-5,7-8,15-16H,2,6,9-11,13H2,1H3. The summed E-state index contributed by atoms with van der Waals surface area (Å²) in [6.07, 6.45) is 4.23. The van der Waals surface area contributed by atoms with Crippen LogP contribution in [0.2, 0.25) is 0 Å². The minimum absolute atomic E-state index is 0.00856. The zero-order valence-corrected chi connectivity index (χ0v) is 12.1. The number of nitrogens with zero attached hydrogens (tertiary/aromatic N) is 2. The van der Waals surface area contributed by atoms with Crippen molar-refractivity contribution in [1.82, 2.24) is 4.90 Å². The third-order valence-electron chi connectivity index (χ3n) is 4.13. The Kier molecular flexibility index (Phi) is 5.17. The van der Waals surface area contributed by atoms with Crippen LogP contribution >= 0.6 is 0 Å². The van der Waals surface area contributed by atoms with Gasteiger partial charge in [-0.15, -0.1) is 0 Å². The minimum Gasteiger partial charge on any atom is -0.342 e. The number of carbonyl (C=O) groups excluding carboxylic acids is 1. The van der Waals surface area contributed by atoms with Crippen LogP contribution in [0.15, 0.2) is 30.3 Å². The topological polar surface area (TPSA) is 44.1 Å². The molecule has 106 valence electrons. The summed E-state index contributed by atoms with van der Waals surface area (Å²) >= 11 is 0. The lowest BCUT2D eigenvalue weighted by atomic mass is 9.85. The van der Waals surface area contributed by atoms with Crippen LogP contribution in [0.4, 0.5) is 0 Å². The third-order valence-corrected chi connectivity index (χ3v) is 4.13. The molecule has 0 bridgehead atoms. The molecule has 0 aromatic heterocycles. The largest absolute Gasteiger partial charge is 0.342 e. The van der Waals surface area contributed by atoms with Crippen LogP contribution in [0.25, 0.3) is 0 Å². The highest BCUT2D eigenvalue weighted by atomic mass is 16.2. The number of carbonyl (C=O) groups is 1. The number of benzene rings is 1. The maximum absolute atomic E-state index is 12.5. The molecule has 0 N–H and O–H groups in total. The highest BCUT2D eigenvalue weighted by Crippen LogP contribution is 2.27. The fourth-order valence-corrected chi connectivity index (χ4v) is 2.62. The van der Waals surface area contributed by atoms with E-state index in [2.05, 4.69) is 6.07 Å². The Bertz CT molecular complexity index is 474. The third kappa shape index (κ3) is 3.60. The van der Waals surface area contributed by atoms with Gasteiger partial charge in [0.1, 0.15) is 5.92 Å². The lowest BCUT2D eigenvalue weighted by molar-refractivity contribution is -0.134. The van der Waals surface area contributed by atoms with Crippen LogP contribution in [-0.4, -0.2) is 23.9 Å². The highest BCUT2D eigenvalue weighted by Gasteiger charge is 2.27. The molecule has 0 spiro atoms. The van der Waals surface area contributed by atoms with Crippen molar-refractivity contribution in [2.45, 2.75) is 32.6 Å². The van der Waals surface area contributed by atoms with E-state index in [-0.39, 0.29) is 5.91 Å². The summed E-state index contributed by atoms with van der Waals surface area (Å²) in [7, 11) is 0. The second kappa shape index (κ2) is 7.09. The Morgan fingerprint density at radius 3 is 2.60 bits per heavy atom. The lowest BCUT2D eigenvalue weighted by Crippen LogP contribution is -2.41. The maximum atomic E-state index is 12.5. The summed E-state index contributed by atoms with van der Waals surface area (Å²) in [5.74, 6) is 0.0816. The summed E-state index contributed by atoms with van der Waals surface area (Å²) in [6, 6.07) is 12.0. The van der Waals surface area contributed by atoms with E-state index < -0.39 is 5.92 Å². The number of nitriles is 1. The van der Waals surface area contributed by atoms with E-state index in [0.29, 0.717) is 18.9 Å². The average Bonchev–Trinajstić information content (AvgIpc) is 2.44. The normalized spacial score (nSPS) is 16.0. The molecule has 1 aliphatic rings. The molecular formula is C17H22N2O. The molecule has 0 heterocycles. The predicted molar refractivity (Wildman–Crippen MR) is 78.8 cm³/mol. The molecule has 1 aromatic rings. The first-order valence-corrected chi connectivity index (χ1v) is 7.47. The summed E-state index contributed by atoms with van der Waals surface area (Å²) < 4.78 is 0. The molecule has 1 saturated carbocycles. The van der Waals surface area contributed by atoms with E-state index in [9.17, 15) is 10.1 Å². The lowest BCUT2D eigenvalue weighted by Gasteiger charge is -2.32. The SMILES string of the molecule is CCN(CC1CCC1)C(=O)C(C#N)Cc1ccccc1. The van der Waals surface area contributed by atoms with E-state index >= 15 is 0 Å². The molecule has 2 rings (SSSR count). The van der Waals surface area contributed by atoms with Crippen LogP contribution in [0.5, 0.6) is 0 Å². The number of hydrogen-bond acceptors (Lipinski definition) is 2. The Morgan fingerprint density at radius 2 is 2.10 bits per heavy atom. The van der Waals surface area contributed by atoms with Gasteiger partial charge in [-0.25, -0.2) is 0 Å². The molecule has 1 aliphatic carbocycles. The zero-order valence-electron chi connectivity index (χ0n) is 12.1. The van der Waals surface area contributed by atoms with Gasteiger partial charge in [-0.2, -0.15) is 5.26 Å². The van der Waals surface area contributed by atoms with E-state index in [1.54, 1.807) is 0 Å². The van der Waals surface area contributed by atoms with Crippen LogP contribution in [0.1, 0.15) is 31.7 Å². The van der Waals surface area contributed by atoms with Gasteiger partial charge in [-0.05, 0) is 37.7 Å². The van der Waals surface area contributed by atoms with Gasteiger partial charge >= 0.3 is 0 Å². The van der Waals surface area contributed by atoms with Crippen molar-refractivity contribution in [2.24, 2.45) is 11.8 Å². The van der Waals surface area contributed by atoms with Crippen molar-refractivity contribution in [2.75, 3.05) is 13.1 Å². The van der Waals surface area contributed by atoms with E-state index in [0.717, 1.165) is 12.1 Å². The fourth-order valence-electron chi connectivity index (χ4n) is 2.62. The minimum atomic E-state index is -0.558. The second-order valence-electron chi connectivity index (χ2n) is 5.55. The van der Waals surface area contributed by atoms with E-state index in [1.165, 1.54) is 19.3 Å². The fraction of sp³-hybridized carbons (Fsp3) is 0.529. The van der Waals surface area contributed by atoms with E-state index in [1.807, 2.05) is 42.2 Å². The quantitative estimate of drug-likeness (QED) is 0.797. The van der Waals surface area contributed by atoms with Crippen LogP contribution < -0.4 is 0 Å². The Morgan fingerprint density at radius 1 is 1.40 bits per heavy atom. The van der Waals surface area contributed by atoms with Crippen molar-refractivity contribution in [1.29, 1.82) is 5.26 Å². The molecule has 20 heavy (non-hydrogen) atoms. The van der Waals surface area contributed by atoms with Crippen molar-refractivity contribution in [3.05, 3.63) is 35.9 Å². The molecular weight excluding hydrogens is 248 g/mol. The first kappa shape index (κ1) is 14.6. The van der Waals surface area contributed by atoms with Crippen molar-refractivity contribution in [3.8, 4) is 6.07 Å². The molecule has 0 saturated heterocycles. The predicted octanol–water partition coefficient (Wildman–Crippen LogP) is 3.02. The van der Waals surface area contributed by atoms with Gasteiger partial charge in [0.15, 0.2) is 0 Å². The zero-order chi connectivity index (χ0) is 14.4. The summed E-state index contributed by atoms with van der Waals surface area (Å²) in [5, 5.41) is 9.31. The molecule has 1 atom stereocenters. The van der Waals surface area contributed by atoms with Gasteiger partial charge in [0.25, 0.3) is 0 Å². The van der Waals surface area contributed by atoms with Crippen LogP contribution in [0.3, 0.4) is 0 Å². The first-order valence-electron chi connectivity index (χ1n) is 7.47. The molecule has 0 radical (unpaired) electrons. The summed E-state index contributed by atoms with van der Waals surface area (Å²) in [5.41, 5.74) is 1.05. The van der Waals surface area contributed by atoms with Crippen molar-refractivity contribution in [3.63, 3.8) is 0 Å². The van der Waals surface area contributed by atoms with Crippen LogP contribution in [-0.2, 0) is 11.2 Å². The number of amides is 1. The Hall–Kier alpha value is -1.82. The molecule has 3 heteroatoms. The molecule has 1 unspecified atom stereocenters. The summed E-state index contributed by atoms with van der Waals surface area (Å²) in [4.78, 5) is 14.4. The van der Waals surface area contributed by atoms with Crippen molar-refractivity contribution < 1.29 is 4.79 Å². The van der Waals surface area contributed by atoms with Crippen molar-refractivity contribution >= 4 is 5.91 Å². The van der Waals surface area contributed by atoms with Gasteiger partial charge in [-0.3, -0.25) is 4.79 Å². The monoisotopic (exact) mass is 270 g/mol. The Balaban J connectivity index is 1.98. The smallest absolute Gasteiger partial charge is 0.240 e. The second-order valence-corrected chi connectivity index (χ2v) is 5.55.